The smallest absolute Gasteiger partial charge is 0.211 e. The van der Waals surface area contributed by atoms with Crippen molar-refractivity contribution in [2.75, 3.05) is 19.3 Å². The van der Waals surface area contributed by atoms with E-state index in [0.717, 1.165) is 25.0 Å². The van der Waals surface area contributed by atoms with Crippen LogP contribution in [0, 0.1) is 5.92 Å². The van der Waals surface area contributed by atoms with Crippen molar-refractivity contribution < 1.29 is 8.42 Å². The highest BCUT2D eigenvalue weighted by molar-refractivity contribution is 7.88. The first-order valence-corrected chi connectivity index (χ1v) is 8.09. The molecule has 0 saturated carbocycles. The van der Waals surface area contributed by atoms with Gasteiger partial charge in [-0.05, 0) is 31.2 Å². The normalized spacial score (nSPS) is 19.0. The van der Waals surface area contributed by atoms with Crippen LogP contribution in [0.25, 0.3) is 0 Å². The van der Waals surface area contributed by atoms with Crippen molar-refractivity contribution in [3.8, 4) is 0 Å². The Balaban J connectivity index is 1.91. The van der Waals surface area contributed by atoms with E-state index in [0.29, 0.717) is 24.2 Å². The van der Waals surface area contributed by atoms with E-state index < -0.39 is 10.0 Å². The lowest BCUT2D eigenvalue weighted by atomic mass is 9.93. The lowest BCUT2D eigenvalue weighted by Crippen LogP contribution is -2.38. The first-order valence-electron chi connectivity index (χ1n) is 5.86. The second kappa shape index (κ2) is 5.50. The Labute approximate surface area is 112 Å². The monoisotopic (exact) mass is 289 g/mol. The van der Waals surface area contributed by atoms with E-state index in [1.807, 2.05) is 0 Å². The van der Waals surface area contributed by atoms with E-state index in [-0.39, 0.29) is 0 Å². The molecule has 1 aliphatic heterocycles. The second-order valence-electron chi connectivity index (χ2n) is 4.64. The molecule has 7 heteroatoms. The van der Waals surface area contributed by atoms with Crippen LogP contribution in [0.15, 0.2) is 12.4 Å². The maximum Gasteiger partial charge on any atom is 0.211 e. The highest BCUT2D eigenvalue weighted by atomic mass is 35.5. The number of hydrogen-bond donors (Lipinski definition) is 0. The summed E-state index contributed by atoms with van der Waals surface area (Å²) in [6.45, 7) is 1.20. The third-order valence-corrected chi connectivity index (χ3v) is 4.74. The second-order valence-corrected chi connectivity index (χ2v) is 7.01. The maximum atomic E-state index is 11.4. The van der Waals surface area contributed by atoms with Crippen molar-refractivity contribution in [2.24, 2.45) is 5.92 Å². The summed E-state index contributed by atoms with van der Waals surface area (Å²) >= 11 is 5.81. The van der Waals surface area contributed by atoms with Gasteiger partial charge >= 0.3 is 0 Å². The minimum Gasteiger partial charge on any atom is -0.241 e. The van der Waals surface area contributed by atoms with E-state index in [2.05, 4.69) is 9.97 Å². The summed E-state index contributed by atoms with van der Waals surface area (Å²) in [4.78, 5) is 8.02. The number of nitrogens with zero attached hydrogens (tertiary/aromatic N) is 3. The number of hydrogen-bond acceptors (Lipinski definition) is 4. The molecule has 0 bridgehead atoms. The van der Waals surface area contributed by atoms with Gasteiger partial charge in [-0.25, -0.2) is 22.7 Å². The molecule has 0 spiro atoms. The Bertz CT molecular complexity index is 513. The Morgan fingerprint density at radius 3 is 2.61 bits per heavy atom. The Hall–Kier alpha value is -0.720. The maximum absolute atomic E-state index is 11.4. The summed E-state index contributed by atoms with van der Waals surface area (Å²) < 4.78 is 24.3. The average Bonchev–Trinajstić information content (AvgIpc) is 2.28. The van der Waals surface area contributed by atoms with Gasteiger partial charge in [0.15, 0.2) is 0 Å². The SMILES string of the molecule is CS(=O)(=O)N1CCC(Cc2cc(Cl)ncn2)CC1. The van der Waals surface area contributed by atoms with Gasteiger partial charge in [0.25, 0.3) is 0 Å². The lowest BCUT2D eigenvalue weighted by Gasteiger charge is -2.29. The highest BCUT2D eigenvalue weighted by Gasteiger charge is 2.25. The molecular formula is C11H16ClN3O2S. The van der Waals surface area contributed by atoms with Crippen molar-refractivity contribution in [3.63, 3.8) is 0 Å². The molecule has 18 heavy (non-hydrogen) atoms. The lowest BCUT2D eigenvalue weighted by molar-refractivity contribution is 0.273. The predicted octanol–water partition coefficient (Wildman–Crippen LogP) is 1.34. The quantitative estimate of drug-likeness (QED) is 0.788. The standard InChI is InChI=1S/C11H16ClN3O2S/c1-18(16,17)15-4-2-9(3-5-15)6-10-7-11(12)14-8-13-10/h7-9H,2-6H2,1H3. The highest BCUT2D eigenvalue weighted by Crippen LogP contribution is 2.22. The third-order valence-electron chi connectivity index (χ3n) is 3.23. The number of rotatable bonds is 3. The zero-order valence-electron chi connectivity index (χ0n) is 10.2. The van der Waals surface area contributed by atoms with E-state index >= 15 is 0 Å². The number of halogens is 1. The fourth-order valence-electron chi connectivity index (χ4n) is 2.22. The molecule has 100 valence electrons. The molecule has 1 fully saturated rings. The van der Waals surface area contributed by atoms with Gasteiger partial charge in [-0.15, -0.1) is 0 Å². The first kappa shape index (κ1) is 13.7. The molecule has 1 aromatic rings. The Morgan fingerprint density at radius 2 is 2.06 bits per heavy atom. The topological polar surface area (TPSA) is 63.2 Å². The molecule has 1 aromatic heterocycles. The molecule has 0 N–H and O–H groups in total. The van der Waals surface area contributed by atoms with Crippen LogP contribution in [0.5, 0.6) is 0 Å². The van der Waals surface area contributed by atoms with Crippen molar-refractivity contribution in [2.45, 2.75) is 19.3 Å². The van der Waals surface area contributed by atoms with Crippen LogP contribution >= 0.6 is 11.6 Å². The summed E-state index contributed by atoms with van der Waals surface area (Å²) in [5, 5.41) is 0.452. The molecular weight excluding hydrogens is 274 g/mol. The van der Waals surface area contributed by atoms with Gasteiger partial charge in [0.2, 0.25) is 10.0 Å². The van der Waals surface area contributed by atoms with Crippen LogP contribution in [0.1, 0.15) is 18.5 Å². The van der Waals surface area contributed by atoms with Crippen molar-refractivity contribution in [1.29, 1.82) is 0 Å². The fraction of sp³-hybridized carbons (Fsp3) is 0.636. The Kier molecular flexibility index (Phi) is 4.19. The van der Waals surface area contributed by atoms with Crippen LogP contribution in [0.3, 0.4) is 0 Å². The molecule has 0 unspecified atom stereocenters. The summed E-state index contributed by atoms with van der Waals surface area (Å²) in [6, 6.07) is 1.77. The van der Waals surface area contributed by atoms with Crippen LogP contribution in [-0.4, -0.2) is 42.0 Å². The van der Waals surface area contributed by atoms with Gasteiger partial charge in [0, 0.05) is 18.8 Å². The van der Waals surface area contributed by atoms with E-state index in [4.69, 9.17) is 11.6 Å². The summed E-state index contributed by atoms with van der Waals surface area (Å²) in [7, 11) is -3.04. The first-order chi connectivity index (χ1) is 8.45. The third kappa shape index (κ3) is 3.63. The minimum atomic E-state index is -3.04. The van der Waals surface area contributed by atoms with Crippen LogP contribution in [0.2, 0.25) is 5.15 Å². The molecule has 1 saturated heterocycles. The molecule has 1 aliphatic rings. The van der Waals surface area contributed by atoms with Crippen LogP contribution in [0.4, 0.5) is 0 Å². The molecule has 0 amide bonds. The van der Waals surface area contributed by atoms with Gasteiger partial charge < -0.3 is 0 Å². The van der Waals surface area contributed by atoms with Crippen molar-refractivity contribution in [3.05, 3.63) is 23.2 Å². The van der Waals surface area contributed by atoms with Crippen molar-refractivity contribution in [1.82, 2.24) is 14.3 Å². The zero-order valence-corrected chi connectivity index (χ0v) is 11.8. The van der Waals surface area contributed by atoms with Gasteiger partial charge in [0.1, 0.15) is 11.5 Å². The van der Waals surface area contributed by atoms with Gasteiger partial charge in [-0.3, -0.25) is 0 Å². The largest absolute Gasteiger partial charge is 0.241 e. The van der Waals surface area contributed by atoms with E-state index in [9.17, 15) is 8.42 Å². The molecule has 0 radical (unpaired) electrons. The molecule has 0 aromatic carbocycles. The summed E-state index contributed by atoms with van der Waals surface area (Å²) in [5.74, 6) is 0.467. The average molecular weight is 290 g/mol. The fourth-order valence-corrected chi connectivity index (χ4v) is 3.27. The van der Waals surface area contributed by atoms with E-state index in [1.54, 1.807) is 6.07 Å². The van der Waals surface area contributed by atoms with Gasteiger partial charge in [-0.2, -0.15) is 0 Å². The minimum absolute atomic E-state index is 0.452. The molecule has 5 nitrogen and oxygen atoms in total. The molecule has 2 rings (SSSR count). The molecule has 0 aliphatic carbocycles. The molecule has 2 heterocycles. The van der Waals surface area contributed by atoms with Gasteiger partial charge in [0.05, 0.1) is 6.26 Å². The van der Waals surface area contributed by atoms with Gasteiger partial charge in [-0.1, -0.05) is 11.6 Å². The summed E-state index contributed by atoms with van der Waals surface area (Å²) in [5.41, 5.74) is 0.924. The van der Waals surface area contributed by atoms with E-state index in [1.165, 1.54) is 16.9 Å². The summed E-state index contributed by atoms with van der Waals surface area (Å²) in [6.07, 6.45) is 5.30. The number of sulfonamides is 1. The van der Waals surface area contributed by atoms with Crippen LogP contribution < -0.4 is 0 Å². The predicted molar refractivity (Wildman–Crippen MR) is 69.9 cm³/mol. The number of piperidine rings is 1. The Morgan fingerprint density at radius 1 is 1.39 bits per heavy atom. The van der Waals surface area contributed by atoms with Crippen LogP contribution in [-0.2, 0) is 16.4 Å². The van der Waals surface area contributed by atoms with Crippen molar-refractivity contribution >= 4 is 21.6 Å². The molecule has 0 atom stereocenters. The zero-order chi connectivity index (χ0) is 13.2. The number of aromatic nitrogens is 2.